The molecule has 0 aromatic carbocycles. The number of aliphatic hydroxyl groups is 6. The third-order valence-electron chi connectivity index (χ3n) is 4.59. The maximum atomic E-state index is 13.5. The molecule has 218 valence electrons. The summed E-state index contributed by atoms with van der Waals surface area (Å²) in [5.74, 6) is -16.1. The van der Waals surface area contributed by atoms with Crippen molar-refractivity contribution in [2.45, 2.75) is 36.3 Å². The molecule has 0 unspecified atom stereocenters. The molecule has 0 aliphatic heterocycles. The maximum absolute atomic E-state index is 13.5. The number of aliphatic hydroxyl groups excluding tert-OH is 6. The van der Waals surface area contributed by atoms with Gasteiger partial charge in [-0.3, -0.25) is 9.59 Å². The monoisotopic (exact) mass is 576 g/mol. The van der Waals surface area contributed by atoms with Crippen LogP contribution in [-0.2, 0) is 0 Å². The van der Waals surface area contributed by atoms with E-state index >= 15 is 0 Å². The molecule has 21 heteroatoms. The fourth-order valence-electron chi connectivity index (χ4n) is 2.42. The molecule has 10 N–H and O–H groups in total. The summed E-state index contributed by atoms with van der Waals surface area (Å²) in [5, 5.41) is 52.9. The van der Waals surface area contributed by atoms with E-state index in [1.807, 2.05) is 0 Å². The zero-order valence-electron chi connectivity index (χ0n) is 19.1. The van der Waals surface area contributed by atoms with E-state index in [9.17, 15) is 41.1 Å². The average molecular weight is 576 g/mol. The SMILES string of the molecule is Nc1ccn(C(=O)C(F)(F)[C@@H](O)[C@H](O)CO)c(=O)n1.Nc1nc(=O)n(C(=O)C(F)(F)[C@@H](O)[C@H](O)CO)cc1F. The van der Waals surface area contributed by atoms with Crippen LogP contribution in [-0.4, -0.2) is 111 Å². The van der Waals surface area contributed by atoms with Gasteiger partial charge in [0, 0.05) is 6.20 Å². The summed E-state index contributed by atoms with van der Waals surface area (Å²) in [5.41, 5.74) is 7.09. The number of halogens is 5. The molecule has 0 bridgehead atoms. The minimum Gasteiger partial charge on any atom is -0.394 e. The minimum absolute atomic E-state index is 0.0519. The standard InChI is InChI=1S/C9H10F3N3O5.C9H11F2N3O5/c10-3-1-15(8(20)14-6(3)13)7(19)9(11,12)5(18)4(17)2-16;10-9(11,6(17)4(16)3-15)7(18)14-2-1-5(12)13-8(14)19/h1,4-5,16-18H,2H2,(H2,13,14,20);1-2,4,6,15-17H,3H2,(H2,12,13,19)/t4-,5+;4-,6+/m11/s1. The molecular formula is C18H21F5N6O10. The van der Waals surface area contributed by atoms with Crippen molar-refractivity contribution in [1.82, 2.24) is 19.1 Å². The Morgan fingerprint density at radius 1 is 0.846 bits per heavy atom. The van der Waals surface area contributed by atoms with E-state index in [4.69, 9.17) is 42.1 Å². The lowest BCUT2D eigenvalue weighted by Crippen LogP contribution is -2.53. The average Bonchev–Trinajstić information content (AvgIpc) is 2.88. The van der Waals surface area contributed by atoms with Crippen molar-refractivity contribution in [1.29, 1.82) is 0 Å². The fourth-order valence-corrected chi connectivity index (χ4v) is 2.42. The third-order valence-corrected chi connectivity index (χ3v) is 4.59. The molecular weight excluding hydrogens is 555 g/mol. The predicted octanol–water partition coefficient (Wildman–Crippen LogP) is -4.23. The lowest BCUT2D eigenvalue weighted by Gasteiger charge is -2.24. The van der Waals surface area contributed by atoms with Crippen LogP contribution >= 0.6 is 0 Å². The maximum Gasteiger partial charge on any atom is 0.356 e. The van der Waals surface area contributed by atoms with E-state index in [1.165, 1.54) is 0 Å². The van der Waals surface area contributed by atoms with Crippen molar-refractivity contribution in [3.05, 3.63) is 45.2 Å². The van der Waals surface area contributed by atoms with Gasteiger partial charge in [0.05, 0.1) is 19.4 Å². The second kappa shape index (κ2) is 12.8. The molecule has 0 aliphatic carbocycles. The van der Waals surface area contributed by atoms with Crippen LogP contribution in [0.3, 0.4) is 0 Å². The lowest BCUT2D eigenvalue weighted by atomic mass is 10.1. The normalized spacial score (nSPS) is 14.9. The Balaban J connectivity index is 0.000000391. The zero-order valence-corrected chi connectivity index (χ0v) is 19.1. The molecule has 2 aromatic rings. The summed E-state index contributed by atoms with van der Waals surface area (Å²) >= 11 is 0. The number of hydrogen-bond donors (Lipinski definition) is 8. The molecule has 0 saturated carbocycles. The number of nitrogens with zero attached hydrogens (tertiary/aromatic N) is 4. The zero-order chi connectivity index (χ0) is 30.5. The van der Waals surface area contributed by atoms with Gasteiger partial charge in [-0.05, 0) is 6.07 Å². The smallest absolute Gasteiger partial charge is 0.356 e. The Labute approximate surface area is 211 Å². The number of carbonyl (C=O) groups is 2. The molecule has 16 nitrogen and oxygen atoms in total. The second-order valence-electron chi connectivity index (χ2n) is 7.38. The van der Waals surface area contributed by atoms with Gasteiger partial charge in [0.25, 0.3) is 0 Å². The predicted molar refractivity (Wildman–Crippen MR) is 115 cm³/mol. The van der Waals surface area contributed by atoms with Crippen LogP contribution in [0.15, 0.2) is 28.0 Å². The van der Waals surface area contributed by atoms with Gasteiger partial charge < -0.3 is 42.1 Å². The van der Waals surface area contributed by atoms with Crippen LogP contribution in [0.2, 0.25) is 0 Å². The van der Waals surface area contributed by atoms with Gasteiger partial charge in [0.1, 0.15) is 18.0 Å². The molecule has 39 heavy (non-hydrogen) atoms. The number of hydrogen-bond acceptors (Lipinski definition) is 14. The van der Waals surface area contributed by atoms with Crippen molar-refractivity contribution in [2.24, 2.45) is 0 Å². The van der Waals surface area contributed by atoms with Crippen LogP contribution < -0.4 is 22.8 Å². The van der Waals surface area contributed by atoms with Crippen molar-refractivity contribution in [3.8, 4) is 0 Å². The topological polar surface area (TPSA) is 277 Å². The number of carbonyl (C=O) groups excluding carboxylic acids is 2. The Kier molecular flexibility index (Phi) is 10.9. The summed E-state index contributed by atoms with van der Waals surface area (Å²) in [7, 11) is 0. The van der Waals surface area contributed by atoms with Gasteiger partial charge in [0.15, 0.2) is 23.8 Å². The number of aromatic nitrogens is 4. The number of anilines is 2. The number of alkyl halides is 4. The van der Waals surface area contributed by atoms with Crippen molar-refractivity contribution < 1.29 is 62.2 Å². The highest BCUT2D eigenvalue weighted by Gasteiger charge is 2.52. The van der Waals surface area contributed by atoms with Crippen molar-refractivity contribution in [2.75, 3.05) is 24.7 Å². The molecule has 2 rings (SSSR count). The first-order valence-corrected chi connectivity index (χ1v) is 10.0. The lowest BCUT2D eigenvalue weighted by molar-refractivity contribution is -0.136. The van der Waals surface area contributed by atoms with Crippen LogP contribution in [0, 0.1) is 5.82 Å². The Morgan fingerprint density at radius 2 is 1.26 bits per heavy atom. The molecule has 4 atom stereocenters. The first-order chi connectivity index (χ1) is 17.8. The first-order valence-electron chi connectivity index (χ1n) is 10.0. The highest BCUT2D eigenvalue weighted by Crippen LogP contribution is 2.24. The van der Waals surface area contributed by atoms with Crippen molar-refractivity contribution in [3.63, 3.8) is 0 Å². The van der Waals surface area contributed by atoms with Gasteiger partial charge in [-0.1, -0.05) is 0 Å². The number of nitrogen functional groups attached to an aromatic ring is 2. The molecule has 2 aromatic heterocycles. The number of rotatable bonds is 8. The van der Waals surface area contributed by atoms with Crippen LogP contribution in [0.1, 0.15) is 9.59 Å². The van der Waals surface area contributed by atoms with Gasteiger partial charge in [-0.15, -0.1) is 0 Å². The third kappa shape index (κ3) is 7.36. The summed E-state index contributed by atoms with van der Waals surface area (Å²) in [6.45, 7) is -2.44. The fraction of sp³-hybridized carbons (Fsp3) is 0.444. The van der Waals surface area contributed by atoms with Gasteiger partial charge in [-0.2, -0.15) is 27.5 Å². The van der Waals surface area contributed by atoms with Crippen LogP contribution in [0.4, 0.5) is 33.6 Å². The van der Waals surface area contributed by atoms with Gasteiger partial charge in [0.2, 0.25) is 0 Å². The van der Waals surface area contributed by atoms with Gasteiger partial charge >= 0.3 is 35.0 Å². The van der Waals surface area contributed by atoms with E-state index in [-0.39, 0.29) is 21.1 Å². The molecule has 2 heterocycles. The molecule has 0 spiro atoms. The summed E-state index contributed by atoms with van der Waals surface area (Å²) in [4.78, 5) is 51.1. The molecule has 0 saturated heterocycles. The van der Waals surface area contributed by atoms with Crippen molar-refractivity contribution >= 4 is 23.5 Å². The highest BCUT2D eigenvalue weighted by atomic mass is 19.3. The Morgan fingerprint density at radius 3 is 1.67 bits per heavy atom. The van der Waals surface area contributed by atoms with Crippen LogP contribution in [0.5, 0.6) is 0 Å². The van der Waals surface area contributed by atoms with Gasteiger partial charge in [-0.25, -0.2) is 23.1 Å². The summed E-state index contributed by atoms with van der Waals surface area (Å²) in [6, 6.07) is 0.935. The molecule has 0 aliphatic rings. The highest BCUT2D eigenvalue weighted by molar-refractivity contribution is 5.87. The number of nitrogens with two attached hydrogens (primary N) is 2. The molecule has 0 fully saturated rings. The summed E-state index contributed by atoms with van der Waals surface area (Å²) < 4.78 is 66.7. The Bertz CT molecular complexity index is 1310. The Hall–Kier alpha value is -3.89. The largest absolute Gasteiger partial charge is 0.394 e. The first kappa shape index (κ1) is 33.1. The molecule has 0 amide bonds. The van der Waals surface area contributed by atoms with Crippen LogP contribution in [0.25, 0.3) is 0 Å². The molecule has 0 radical (unpaired) electrons. The van der Waals surface area contributed by atoms with E-state index in [0.29, 0.717) is 6.20 Å². The summed E-state index contributed by atoms with van der Waals surface area (Å²) in [6.07, 6.45) is -9.69. The minimum atomic E-state index is -4.66. The van der Waals surface area contributed by atoms with E-state index < -0.39 is 84.3 Å². The quantitative estimate of drug-likeness (QED) is 0.138. The van der Waals surface area contributed by atoms with E-state index in [1.54, 1.807) is 0 Å². The second-order valence-corrected chi connectivity index (χ2v) is 7.38. The van der Waals surface area contributed by atoms with E-state index in [2.05, 4.69) is 9.97 Å². The van der Waals surface area contributed by atoms with E-state index in [0.717, 1.165) is 6.07 Å².